The molecule has 0 saturated carbocycles. The van der Waals surface area contributed by atoms with Crippen molar-refractivity contribution in [2.45, 2.75) is 57.6 Å². The first kappa shape index (κ1) is 12.9. The Morgan fingerprint density at radius 1 is 1.40 bits per heavy atom. The number of nitrogens with one attached hydrogen (secondary N) is 1. The zero-order valence-electron chi connectivity index (χ0n) is 10.2. The van der Waals surface area contributed by atoms with Gasteiger partial charge in [-0.3, -0.25) is 0 Å². The minimum absolute atomic E-state index is 0.138. The highest BCUT2D eigenvalue weighted by Gasteiger charge is 2.33. The summed E-state index contributed by atoms with van der Waals surface area (Å²) >= 11 is 0. The smallest absolute Gasteiger partial charge is 0.0692 e. The molecule has 1 fully saturated rings. The van der Waals surface area contributed by atoms with E-state index in [4.69, 9.17) is 10.5 Å². The summed E-state index contributed by atoms with van der Waals surface area (Å²) < 4.78 is 5.94. The van der Waals surface area contributed by atoms with Crippen molar-refractivity contribution in [2.75, 3.05) is 19.7 Å². The average molecular weight is 214 g/mol. The van der Waals surface area contributed by atoms with Crippen molar-refractivity contribution >= 4 is 0 Å². The Balaban J connectivity index is 2.34. The van der Waals surface area contributed by atoms with E-state index in [1.54, 1.807) is 0 Å². The topological polar surface area (TPSA) is 47.3 Å². The van der Waals surface area contributed by atoms with Crippen LogP contribution < -0.4 is 11.1 Å². The third-order valence-electron chi connectivity index (χ3n) is 3.60. The van der Waals surface area contributed by atoms with Gasteiger partial charge in [0.2, 0.25) is 0 Å². The quantitative estimate of drug-likeness (QED) is 0.661. The van der Waals surface area contributed by atoms with Crippen LogP contribution in [0, 0.1) is 0 Å². The van der Waals surface area contributed by atoms with Crippen LogP contribution in [-0.4, -0.2) is 31.3 Å². The Hall–Kier alpha value is -0.120. The second kappa shape index (κ2) is 6.46. The maximum Gasteiger partial charge on any atom is 0.0692 e. The minimum atomic E-state index is 0.138. The van der Waals surface area contributed by atoms with Gasteiger partial charge in [-0.05, 0) is 45.2 Å². The summed E-state index contributed by atoms with van der Waals surface area (Å²) in [6.45, 7) is 7.19. The van der Waals surface area contributed by atoms with Gasteiger partial charge in [0, 0.05) is 12.6 Å². The largest absolute Gasteiger partial charge is 0.375 e. The monoisotopic (exact) mass is 214 g/mol. The molecule has 0 aliphatic carbocycles. The lowest BCUT2D eigenvalue weighted by Gasteiger charge is -2.40. The molecule has 0 radical (unpaired) electrons. The first-order valence-electron chi connectivity index (χ1n) is 6.33. The summed E-state index contributed by atoms with van der Waals surface area (Å²) in [6, 6.07) is 0.630. The van der Waals surface area contributed by atoms with Crippen LogP contribution in [0.4, 0.5) is 0 Å². The van der Waals surface area contributed by atoms with E-state index in [2.05, 4.69) is 19.2 Å². The van der Waals surface area contributed by atoms with Crippen molar-refractivity contribution in [3.8, 4) is 0 Å². The Morgan fingerprint density at radius 3 is 2.73 bits per heavy atom. The molecular formula is C12H26N2O. The Kier molecular flexibility index (Phi) is 5.58. The fourth-order valence-corrected chi connectivity index (χ4v) is 2.35. The molecule has 3 nitrogen and oxygen atoms in total. The molecule has 0 aromatic carbocycles. The average Bonchev–Trinajstić information content (AvgIpc) is 2.30. The number of ether oxygens (including phenoxy) is 1. The highest BCUT2D eigenvalue weighted by atomic mass is 16.5. The van der Waals surface area contributed by atoms with E-state index >= 15 is 0 Å². The van der Waals surface area contributed by atoms with Gasteiger partial charge in [-0.15, -0.1) is 0 Å². The van der Waals surface area contributed by atoms with E-state index in [1.165, 1.54) is 0 Å². The lowest BCUT2D eigenvalue weighted by atomic mass is 9.86. The van der Waals surface area contributed by atoms with Gasteiger partial charge in [-0.1, -0.05) is 13.8 Å². The summed E-state index contributed by atoms with van der Waals surface area (Å²) in [6.07, 6.45) is 5.62. The van der Waals surface area contributed by atoms with Crippen LogP contribution >= 0.6 is 0 Å². The summed E-state index contributed by atoms with van der Waals surface area (Å²) in [7, 11) is 0. The van der Waals surface area contributed by atoms with Crippen molar-refractivity contribution in [3.63, 3.8) is 0 Å². The zero-order valence-corrected chi connectivity index (χ0v) is 10.2. The number of nitrogens with two attached hydrogens (primary N) is 1. The predicted molar refractivity (Wildman–Crippen MR) is 64.0 cm³/mol. The molecule has 0 aromatic heterocycles. The van der Waals surface area contributed by atoms with Crippen LogP contribution in [0.3, 0.4) is 0 Å². The normalized spacial score (nSPS) is 25.4. The van der Waals surface area contributed by atoms with E-state index < -0.39 is 0 Å². The van der Waals surface area contributed by atoms with Crippen molar-refractivity contribution in [1.29, 1.82) is 0 Å². The summed E-state index contributed by atoms with van der Waals surface area (Å²) in [5.74, 6) is 0. The van der Waals surface area contributed by atoms with Crippen LogP contribution in [0.25, 0.3) is 0 Å². The molecule has 0 aromatic rings. The molecule has 1 saturated heterocycles. The minimum Gasteiger partial charge on any atom is -0.375 e. The van der Waals surface area contributed by atoms with Crippen molar-refractivity contribution < 1.29 is 4.74 Å². The van der Waals surface area contributed by atoms with Gasteiger partial charge < -0.3 is 15.8 Å². The second-order valence-corrected chi connectivity index (χ2v) is 4.52. The molecule has 1 atom stereocenters. The molecule has 1 rings (SSSR count). The first-order valence-corrected chi connectivity index (χ1v) is 6.33. The summed E-state index contributed by atoms with van der Waals surface area (Å²) in [5.41, 5.74) is 5.62. The van der Waals surface area contributed by atoms with Crippen LogP contribution in [0.5, 0.6) is 0 Å². The molecule has 0 amide bonds. The molecule has 0 bridgehead atoms. The molecule has 90 valence electrons. The van der Waals surface area contributed by atoms with Crippen LogP contribution in [-0.2, 0) is 4.74 Å². The van der Waals surface area contributed by atoms with Gasteiger partial charge in [0.15, 0.2) is 0 Å². The van der Waals surface area contributed by atoms with Gasteiger partial charge in [-0.2, -0.15) is 0 Å². The van der Waals surface area contributed by atoms with E-state index in [-0.39, 0.29) is 5.60 Å². The first-order chi connectivity index (χ1) is 7.26. The molecule has 1 heterocycles. The van der Waals surface area contributed by atoms with Crippen molar-refractivity contribution in [2.24, 2.45) is 5.73 Å². The van der Waals surface area contributed by atoms with Gasteiger partial charge in [0.1, 0.15) is 0 Å². The molecule has 3 heteroatoms. The third kappa shape index (κ3) is 3.74. The van der Waals surface area contributed by atoms with Crippen LogP contribution in [0.2, 0.25) is 0 Å². The van der Waals surface area contributed by atoms with E-state index in [9.17, 15) is 0 Å². The van der Waals surface area contributed by atoms with Gasteiger partial charge in [0.05, 0.1) is 5.60 Å². The Morgan fingerprint density at radius 2 is 2.13 bits per heavy atom. The van der Waals surface area contributed by atoms with Crippen LogP contribution in [0.1, 0.15) is 46.0 Å². The highest BCUT2D eigenvalue weighted by Crippen LogP contribution is 2.31. The second-order valence-electron chi connectivity index (χ2n) is 4.52. The maximum atomic E-state index is 5.94. The molecule has 1 aliphatic heterocycles. The standard InChI is InChI=1S/C12H26N2O/c1-3-12(4-2)10-11(6-9-15-12)14-8-5-7-13/h11,14H,3-10,13H2,1-2H3. The molecule has 1 unspecified atom stereocenters. The molecule has 1 aliphatic rings. The van der Waals surface area contributed by atoms with E-state index in [1.807, 2.05) is 0 Å². The summed E-state index contributed by atoms with van der Waals surface area (Å²) in [5, 5.41) is 3.59. The van der Waals surface area contributed by atoms with Crippen molar-refractivity contribution in [3.05, 3.63) is 0 Å². The lowest BCUT2D eigenvalue weighted by molar-refractivity contribution is -0.0929. The lowest BCUT2D eigenvalue weighted by Crippen LogP contribution is -2.46. The fourth-order valence-electron chi connectivity index (χ4n) is 2.35. The SMILES string of the molecule is CCC1(CC)CC(NCCCN)CCO1. The Bertz CT molecular complexity index is 169. The van der Waals surface area contributed by atoms with E-state index in [0.717, 1.165) is 51.8 Å². The molecule has 15 heavy (non-hydrogen) atoms. The van der Waals surface area contributed by atoms with Crippen LogP contribution in [0.15, 0.2) is 0 Å². The van der Waals surface area contributed by atoms with Gasteiger partial charge in [-0.25, -0.2) is 0 Å². The number of rotatable bonds is 6. The number of hydrogen-bond acceptors (Lipinski definition) is 3. The predicted octanol–water partition coefficient (Wildman–Crippen LogP) is 1.66. The number of hydrogen-bond donors (Lipinski definition) is 2. The summed E-state index contributed by atoms with van der Waals surface area (Å²) in [4.78, 5) is 0. The molecule has 0 spiro atoms. The zero-order chi connectivity index (χ0) is 11.1. The maximum absolute atomic E-state index is 5.94. The highest BCUT2D eigenvalue weighted by molar-refractivity contribution is 4.87. The van der Waals surface area contributed by atoms with E-state index in [0.29, 0.717) is 6.04 Å². The Labute approximate surface area is 93.8 Å². The van der Waals surface area contributed by atoms with Gasteiger partial charge >= 0.3 is 0 Å². The van der Waals surface area contributed by atoms with Crippen molar-refractivity contribution in [1.82, 2.24) is 5.32 Å². The fraction of sp³-hybridized carbons (Fsp3) is 1.00. The van der Waals surface area contributed by atoms with Gasteiger partial charge in [0.25, 0.3) is 0 Å². The third-order valence-corrected chi connectivity index (χ3v) is 3.60. The molecule has 3 N–H and O–H groups in total. The molecular weight excluding hydrogens is 188 g/mol.